The molecular weight excluding hydrogens is 208 g/mol. The van der Waals surface area contributed by atoms with E-state index < -0.39 is 0 Å². The van der Waals surface area contributed by atoms with Crippen molar-refractivity contribution < 1.29 is 19.3 Å². The van der Waals surface area contributed by atoms with Gasteiger partial charge in [-0.1, -0.05) is 19.8 Å². The van der Waals surface area contributed by atoms with E-state index in [0.717, 1.165) is 12.8 Å². The molecule has 0 aromatic heterocycles. The Morgan fingerprint density at radius 1 is 1.06 bits per heavy atom. The summed E-state index contributed by atoms with van der Waals surface area (Å²) < 4.78 is 15.8. The highest BCUT2D eigenvalue weighted by atomic mass is 16.5. The van der Waals surface area contributed by atoms with Crippen LogP contribution in [0.4, 0.5) is 0 Å². The van der Waals surface area contributed by atoms with Crippen LogP contribution in [-0.4, -0.2) is 50.9 Å². The zero-order chi connectivity index (χ0) is 12.1. The second-order valence-electron chi connectivity index (χ2n) is 3.58. The van der Waals surface area contributed by atoms with E-state index in [0.29, 0.717) is 33.0 Å². The van der Waals surface area contributed by atoms with Gasteiger partial charge in [-0.15, -0.1) is 0 Å². The van der Waals surface area contributed by atoms with Crippen LogP contribution in [0.15, 0.2) is 0 Å². The zero-order valence-corrected chi connectivity index (χ0v) is 10.3. The fraction of sp³-hybridized carbons (Fsp3) is 0.917. The summed E-state index contributed by atoms with van der Waals surface area (Å²) in [6.07, 6.45) is 3.42. The van der Waals surface area contributed by atoms with Crippen molar-refractivity contribution in [2.24, 2.45) is 0 Å². The molecule has 1 radical (unpaired) electrons. The van der Waals surface area contributed by atoms with Gasteiger partial charge in [0.1, 0.15) is 0 Å². The molecule has 97 valence electrons. The van der Waals surface area contributed by atoms with E-state index in [1.807, 2.05) is 0 Å². The molecule has 0 aromatic carbocycles. The predicted octanol–water partition coefficient (Wildman–Crippen LogP) is 1.42. The minimum absolute atomic E-state index is 0.0592. The van der Waals surface area contributed by atoms with E-state index in [2.05, 4.69) is 13.8 Å². The molecule has 0 rings (SSSR count). The third kappa shape index (κ3) is 11.9. The molecule has 1 unspecified atom stereocenters. The van der Waals surface area contributed by atoms with Gasteiger partial charge in [0.05, 0.1) is 45.7 Å². The highest BCUT2D eigenvalue weighted by Gasteiger charge is 2.00. The van der Waals surface area contributed by atoms with Crippen LogP contribution in [0.1, 0.15) is 26.2 Å². The molecule has 0 aromatic rings. The average molecular weight is 233 g/mol. The molecule has 0 aliphatic carbocycles. The minimum Gasteiger partial charge on any atom is -0.394 e. The van der Waals surface area contributed by atoms with Crippen LogP contribution >= 0.6 is 0 Å². The monoisotopic (exact) mass is 233 g/mol. The molecule has 16 heavy (non-hydrogen) atoms. The first kappa shape index (κ1) is 15.8. The summed E-state index contributed by atoms with van der Waals surface area (Å²) in [5.41, 5.74) is 0. The van der Waals surface area contributed by atoms with Gasteiger partial charge in [-0.05, 0) is 13.3 Å². The van der Waals surface area contributed by atoms with E-state index in [1.165, 1.54) is 6.42 Å². The Morgan fingerprint density at radius 3 is 2.31 bits per heavy atom. The van der Waals surface area contributed by atoms with Crippen molar-refractivity contribution in [1.29, 1.82) is 0 Å². The SMILES string of the molecule is [CH2]C(CCCC)OCCOCCOCCO. The van der Waals surface area contributed by atoms with Gasteiger partial charge < -0.3 is 19.3 Å². The topological polar surface area (TPSA) is 47.9 Å². The summed E-state index contributed by atoms with van der Waals surface area (Å²) in [5, 5.41) is 8.45. The molecule has 0 aliphatic heterocycles. The number of hydrogen-bond acceptors (Lipinski definition) is 4. The molecule has 0 spiro atoms. The maximum absolute atomic E-state index is 8.45. The van der Waals surface area contributed by atoms with Crippen LogP contribution in [0.3, 0.4) is 0 Å². The first-order chi connectivity index (χ1) is 7.81. The fourth-order valence-corrected chi connectivity index (χ4v) is 1.18. The van der Waals surface area contributed by atoms with E-state index in [-0.39, 0.29) is 12.7 Å². The Hall–Kier alpha value is -0.160. The first-order valence-corrected chi connectivity index (χ1v) is 6.02. The van der Waals surface area contributed by atoms with Gasteiger partial charge in [0.25, 0.3) is 0 Å². The first-order valence-electron chi connectivity index (χ1n) is 6.02. The summed E-state index contributed by atoms with van der Waals surface area (Å²) in [4.78, 5) is 0. The lowest BCUT2D eigenvalue weighted by Crippen LogP contribution is -2.15. The maximum Gasteiger partial charge on any atom is 0.0704 e. The molecule has 1 N–H and O–H groups in total. The normalized spacial score (nSPS) is 12.9. The Bertz CT molecular complexity index is 130. The van der Waals surface area contributed by atoms with Crippen molar-refractivity contribution in [3.63, 3.8) is 0 Å². The summed E-state index contributed by atoms with van der Waals surface area (Å²) in [6.45, 7) is 8.70. The second kappa shape index (κ2) is 12.9. The molecule has 0 saturated heterocycles. The average Bonchev–Trinajstić information content (AvgIpc) is 2.30. The summed E-state index contributed by atoms with van der Waals surface area (Å²) in [6, 6.07) is 0. The van der Waals surface area contributed by atoms with E-state index in [1.54, 1.807) is 0 Å². The van der Waals surface area contributed by atoms with Gasteiger partial charge >= 0.3 is 0 Å². The Balaban J connectivity index is 3.02. The van der Waals surface area contributed by atoms with E-state index >= 15 is 0 Å². The largest absolute Gasteiger partial charge is 0.394 e. The van der Waals surface area contributed by atoms with Crippen LogP contribution in [0.2, 0.25) is 0 Å². The Labute approximate surface area is 98.9 Å². The molecular formula is C12H25O4. The molecule has 4 nitrogen and oxygen atoms in total. The van der Waals surface area contributed by atoms with E-state index in [4.69, 9.17) is 19.3 Å². The van der Waals surface area contributed by atoms with Crippen molar-refractivity contribution in [2.45, 2.75) is 32.3 Å². The van der Waals surface area contributed by atoms with Crippen LogP contribution in [-0.2, 0) is 14.2 Å². The maximum atomic E-state index is 8.45. The lowest BCUT2D eigenvalue weighted by Gasteiger charge is -2.12. The Morgan fingerprint density at radius 2 is 1.69 bits per heavy atom. The van der Waals surface area contributed by atoms with Crippen molar-refractivity contribution in [2.75, 3.05) is 39.6 Å². The molecule has 1 atom stereocenters. The van der Waals surface area contributed by atoms with Gasteiger partial charge in [-0.2, -0.15) is 0 Å². The Kier molecular flexibility index (Phi) is 12.8. The summed E-state index contributed by atoms with van der Waals surface area (Å²) in [7, 11) is 0. The van der Waals surface area contributed by atoms with E-state index in [9.17, 15) is 0 Å². The van der Waals surface area contributed by atoms with Crippen molar-refractivity contribution in [1.82, 2.24) is 0 Å². The molecule has 0 bridgehead atoms. The molecule has 0 heterocycles. The lowest BCUT2D eigenvalue weighted by molar-refractivity contribution is -0.00607. The fourth-order valence-electron chi connectivity index (χ4n) is 1.18. The molecule has 0 aliphatic rings. The number of rotatable bonds is 12. The van der Waals surface area contributed by atoms with Crippen LogP contribution < -0.4 is 0 Å². The number of aliphatic hydroxyl groups is 1. The highest BCUT2D eigenvalue weighted by Crippen LogP contribution is 2.02. The quantitative estimate of drug-likeness (QED) is 0.518. The van der Waals surface area contributed by atoms with Crippen LogP contribution in [0.25, 0.3) is 0 Å². The van der Waals surface area contributed by atoms with Crippen molar-refractivity contribution >= 4 is 0 Å². The van der Waals surface area contributed by atoms with Crippen molar-refractivity contribution in [3.05, 3.63) is 6.92 Å². The molecule has 4 heteroatoms. The summed E-state index contributed by atoms with van der Waals surface area (Å²) in [5.74, 6) is 0. The highest BCUT2D eigenvalue weighted by molar-refractivity contribution is 4.59. The minimum atomic E-state index is 0.0592. The summed E-state index contributed by atoms with van der Waals surface area (Å²) >= 11 is 0. The number of unbranched alkanes of at least 4 members (excludes halogenated alkanes) is 1. The lowest BCUT2D eigenvalue weighted by atomic mass is 10.2. The second-order valence-corrected chi connectivity index (χ2v) is 3.58. The van der Waals surface area contributed by atoms with Crippen molar-refractivity contribution in [3.8, 4) is 0 Å². The van der Waals surface area contributed by atoms with Gasteiger partial charge in [-0.3, -0.25) is 0 Å². The van der Waals surface area contributed by atoms with Gasteiger partial charge in [0.15, 0.2) is 0 Å². The zero-order valence-electron chi connectivity index (χ0n) is 10.3. The molecule has 0 amide bonds. The number of aliphatic hydroxyl groups excluding tert-OH is 1. The third-order valence-corrected chi connectivity index (χ3v) is 2.07. The predicted molar refractivity (Wildman–Crippen MR) is 63.3 cm³/mol. The van der Waals surface area contributed by atoms with Gasteiger partial charge in [0, 0.05) is 0 Å². The standard InChI is InChI=1S/C12H25O4/c1-3-4-5-12(2)16-11-10-15-9-8-14-7-6-13/h12-13H,2-11H2,1H3. The number of hydrogen-bond donors (Lipinski definition) is 1. The molecule has 0 saturated carbocycles. The van der Waals surface area contributed by atoms with Gasteiger partial charge in [-0.25, -0.2) is 0 Å². The smallest absolute Gasteiger partial charge is 0.0704 e. The van der Waals surface area contributed by atoms with Gasteiger partial charge in [0.2, 0.25) is 0 Å². The third-order valence-electron chi connectivity index (χ3n) is 2.07. The molecule has 0 fully saturated rings. The van der Waals surface area contributed by atoms with Crippen LogP contribution in [0.5, 0.6) is 0 Å². The van der Waals surface area contributed by atoms with Crippen LogP contribution in [0, 0.1) is 6.92 Å². The number of ether oxygens (including phenoxy) is 3.